The van der Waals surface area contributed by atoms with Crippen molar-refractivity contribution in [1.82, 2.24) is 4.31 Å². The summed E-state index contributed by atoms with van der Waals surface area (Å²) in [6.45, 7) is 1.79. The summed E-state index contributed by atoms with van der Waals surface area (Å²) in [4.78, 5) is 0.841. The van der Waals surface area contributed by atoms with Crippen LogP contribution in [-0.4, -0.2) is 19.8 Å². The number of sulfonamides is 1. The van der Waals surface area contributed by atoms with Gasteiger partial charge in [-0.1, -0.05) is 12.1 Å². The first-order chi connectivity index (χ1) is 9.87. The van der Waals surface area contributed by atoms with E-state index in [1.165, 1.54) is 34.8 Å². The van der Waals surface area contributed by atoms with Crippen LogP contribution in [0, 0.1) is 5.82 Å². The smallest absolute Gasteiger partial charge is 0.207 e. The zero-order chi connectivity index (χ0) is 15.6. The second kappa shape index (κ2) is 6.44. The molecule has 3 nitrogen and oxygen atoms in total. The number of rotatable bonds is 5. The second-order valence-corrected chi connectivity index (χ2v) is 7.81. The summed E-state index contributed by atoms with van der Waals surface area (Å²) in [5.74, 6) is -0.588. The molecule has 7 heteroatoms. The van der Waals surface area contributed by atoms with E-state index in [1.807, 2.05) is 17.5 Å². The molecule has 0 bridgehead atoms. The van der Waals surface area contributed by atoms with E-state index < -0.39 is 15.8 Å². The zero-order valence-corrected chi connectivity index (χ0v) is 14.0. The van der Waals surface area contributed by atoms with Crippen molar-refractivity contribution in [2.24, 2.45) is 0 Å². The van der Waals surface area contributed by atoms with E-state index in [-0.39, 0.29) is 16.8 Å². The van der Waals surface area contributed by atoms with Crippen molar-refractivity contribution in [3.63, 3.8) is 0 Å². The van der Waals surface area contributed by atoms with E-state index in [0.29, 0.717) is 5.56 Å². The van der Waals surface area contributed by atoms with Gasteiger partial charge in [-0.05, 0) is 36.1 Å². The minimum atomic E-state index is -3.81. The molecule has 0 aliphatic rings. The maximum atomic E-state index is 13.4. The molecule has 0 fully saturated rings. The average molecular weight is 348 g/mol. The van der Waals surface area contributed by atoms with Crippen molar-refractivity contribution in [2.45, 2.75) is 23.7 Å². The Hall–Kier alpha value is -0.950. The lowest BCUT2D eigenvalue weighted by atomic mass is 10.2. The summed E-state index contributed by atoms with van der Waals surface area (Å²) in [5, 5.41) is 1.89. The van der Waals surface area contributed by atoms with Crippen LogP contribution in [0.15, 0.2) is 40.6 Å². The van der Waals surface area contributed by atoms with E-state index in [9.17, 15) is 12.8 Å². The highest BCUT2D eigenvalue weighted by Gasteiger charge is 2.29. The molecule has 0 spiro atoms. The molecule has 0 N–H and O–H groups in total. The molecule has 0 aliphatic heterocycles. The summed E-state index contributed by atoms with van der Waals surface area (Å²) >= 11 is 7.25. The molecule has 0 aliphatic carbocycles. The molecule has 1 heterocycles. The Labute approximate surface area is 133 Å². The minimum Gasteiger partial charge on any atom is -0.207 e. The van der Waals surface area contributed by atoms with Gasteiger partial charge >= 0.3 is 0 Å². The van der Waals surface area contributed by atoms with Crippen LogP contribution in [0.4, 0.5) is 4.39 Å². The van der Waals surface area contributed by atoms with E-state index >= 15 is 0 Å². The predicted octanol–water partition coefficient (Wildman–Crippen LogP) is 4.01. The van der Waals surface area contributed by atoms with Gasteiger partial charge in [0, 0.05) is 17.8 Å². The number of halogens is 2. The summed E-state index contributed by atoms with van der Waals surface area (Å²) < 4.78 is 40.1. The average Bonchev–Trinajstić information content (AvgIpc) is 2.99. The standard InChI is InChI=1S/C14H15ClFNO2S2/c1-10(13-4-3-7-20-13)17(2)21(18,19)14-8-12(16)6-5-11(14)9-15/h3-8,10H,9H2,1-2H3. The molecule has 0 amide bonds. The van der Waals surface area contributed by atoms with Crippen molar-refractivity contribution in [1.29, 1.82) is 0 Å². The van der Waals surface area contributed by atoms with Gasteiger partial charge in [-0.15, -0.1) is 22.9 Å². The van der Waals surface area contributed by atoms with Crippen LogP contribution < -0.4 is 0 Å². The molecule has 1 aromatic heterocycles. The van der Waals surface area contributed by atoms with Crippen molar-refractivity contribution < 1.29 is 12.8 Å². The molecule has 21 heavy (non-hydrogen) atoms. The molecule has 0 radical (unpaired) electrons. The molecular weight excluding hydrogens is 333 g/mol. The number of hydrogen-bond acceptors (Lipinski definition) is 3. The SMILES string of the molecule is CC(c1cccs1)N(C)S(=O)(=O)c1cc(F)ccc1CCl. The van der Waals surface area contributed by atoms with Gasteiger partial charge < -0.3 is 0 Å². The maximum Gasteiger partial charge on any atom is 0.243 e. The normalized spacial score (nSPS) is 13.6. The fourth-order valence-electron chi connectivity index (χ4n) is 1.95. The summed E-state index contributed by atoms with van der Waals surface area (Å²) in [5.41, 5.74) is 0.392. The summed E-state index contributed by atoms with van der Waals surface area (Å²) in [7, 11) is -2.33. The number of alkyl halides is 1. The van der Waals surface area contributed by atoms with Crippen molar-refractivity contribution in [3.8, 4) is 0 Å². The molecule has 1 unspecified atom stereocenters. The molecule has 1 aromatic carbocycles. The summed E-state index contributed by atoms with van der Waals surface area (Å²) in [6, 6.07) is 7.03. The van der Waals surface area contributed by atoms with Gasteiger partial charge in [-0.2, -0.15) is 4.31 Å². The Bertz CT molecular complexity index is 717. The van der Waals surface area contributed by atoms with Crippen molar-refractivity contribution in [2.75, 3.05) is 7.05 Å². The fourth-order valence-corrected chi connectivity index (χ4v) is 4.73. The predicted molar refractivity (Wildman–Crippen MR) is 83.6 cm³/mol. The van der Waals surface area contributed by atoms with Crippen LogP contribution >= 0.6 is 22.9 Å². The third-order valence-electron chi connectivity index (χ3n) is 3.33. The van der Waals surface area contributed by atoms with Crippen LogP contribution in [0.5, 0.6) is 0 Å². The lowest BCUT2D eigenvalue weighted by Crippen LogP contribution is -2.30. The van der Waals surface area contributed by atoms with Gasteiger partial charge in [0.25, 0.3) is 0 Å². The van der Waals surface area contributed by atoms with Gasteiger partial charge in [0.15, 0.2) is 0 Å². The molecule has 2 aromatic rings. The molecule has 2 rings (SSSR count). The van der Waals surface area contributed by atoms with Gasteiger partial charge in [0.05, 0.1) is 10.9 Å². The third-order valence-corrected chi connectivity index (χ3v) is 6.67. The van der Waals surface area contributed by atoms with Gasteiger partial charge in [-0.3, -0.25) is 0 Å². The fraction of sp³-hybridized carbons (Fsp3) is 0.286. The van der Waals surface area contributed by atoms with Gasteiger partial charge in [0.2, 0.25) is 10.0 Å². The lowest BCUT2D eigenvalue weighted by molar-refractivity contribution is 0.402. The second-order valence-electron chi connectivity index (χ2n) is 4.60. The first kappa shape index (κ1) is 16.4. The number of thiophene rings is 1. The van der Waals surface area contributed by atoms with E-state index in [1.54, 1.807) is 6.92 Å². The monoisotopic (exact) mass is 347 g/mol. The quantitative estimate of drug-likeness (QED) is 0.766. The van der Waals surface area contributed by atoms with Crippen LogP contribution in [0.3, 0.4) is 0 Å². The summed E-state index contributed by atoms with van der Waals surface area (Å²) in [6.07, 6.45) is 0. The van der Waals surface area contributed by atoms with E-state index in [4.69, 9.17) is 11.6 Å². The zero-order valence-electron chi connectivity index (χ0n) is 11.6. The van der Waals surface area contributed by atoms with Gasteiger partial charge in [-0.25, -0.2) is 12.8 Å². The third kappa shape index (κ3) is 3.29. The number of benzene rings is 1. The maximum absolute atomic E-state index is 13.4. The van der Waals surface area contributed by atoms with Crippen LogP contribution in [-0.2, 0) is 15.9 Å². The molecule has 114 valence electrons. The molecule has 1 atom stereocenters. The van der Waals surface area contributed by atoms with E-state index in [0.717, 1.165) is 10.9 Å². The Morgan fingerprint density at radius 2 is 2.10 bits per heavy atom. The Kier molecular flexibility index (Phi) is 5.03. The number of nitrogens with zero attached hydrogens (tertiary/aromatic N) is 1. The highest BCUT2D eigenvalue weighted by molar-refractivity contribution is 7.89. The van der Waals surface area contributed by atoms with Crippen LogP contribution in [0.1, 0.15) is 23.4 Å². The van der Waals surface area contributed by atoms with E-state index in [2.05, 4.69) is 0 Å². The number of hydrogen-bond donors (Lipinski definition) is 0. The molecular formula is C14H15ClFNO2S2. The Morgan fingerprint density at radius 1 is 1.38 bits per heavy atom. The van der Waals surface area contributed by atoms with Crippen molar-refractivity contribution >= 4 is 33.0 Å². The highest BCUT2D eigenvalue weighted by atomic mass is 35.5. The van der Waals surface area contributed by atoms with Crippen LogP contribution in [0.2, 0.25) is 0 Å². The first-order valence-electron chi connectivity index (χ1n) is 6.23. The first-order valence-corrected chi connectivity index (χ1v) is 9.09. The van der Waals surface area contributed by atoms with Crippen LogP contribution in [0.25, 0.3) is 0 Å². The highest BCUT2D eigenvalue weighted by Crippen LogP contribution is 2.30. The van der Waals surface area contributed by atoms with Crippen molar-refractivity contribution in [3.05, 3.63) is 52.0 Å². The topological polar surface area (TPSA) is 37.4 Å². The largest absolute Gasteiger partial charge is 0.243 e. The Morgan fingerprint density at radius 3 is 2.67 bits per heavy atom. The molecule has 0 saturated heterocycles. The lowest BCUT2D eigenvalue weighted by Gasteiger charge is -2.24. The molecule has 0 saturated carbocycles. The van der Waals surface area contributed by atoms with Gasteiger partial charge in [0.1, 0.15) is 5.82 Å². The Balaban J connectivity index is 2.44. The minimum absolute atomic E-state index is 0.00999.